The second kappa shape index (κ2) is 5.87. The van der Waals surface area contributed by atoms with Crippen molar-refractivity contribution in [2.45, 2.75) is 0 Å². The first-order chi connectivity index (χ1) is 10.3. The molecule has 1 aromatic carbocycles. The molecule has 0 bridgehead atoms. The number of carbonyl (C=O) groups is 1. The number of carbonyl (C=O) groups excluding carboxylic acids is 1. The quantitative estimate of drug-likeness (QED) is 0.689. The first-order valence-corrected chi connectivity index (χ1v) is 6.38. The number of hydrogen-bond acceptors (Lipinski definition) is 3. The van der Waals surface area contributed by atoms with Gasteiger partial charge in [0.05, 0.1) is 11.9 Å². The molecule has 0 aliphatic rings. The maximum atomic E-state index is 11.9. The van der Waals surface area contributed by atoms with E-state index in [2.05, 4.69) is 25.8 Å². The molecular weight excluding hydrogens is 266 g/mol. The maximum absolute atomic E-state index is 11.9. The van der Waals surface area contributed by atoms with Crippen molar-refractivity contribution in [1.29, 1.82) is 0 Å². The molecule has 2 heterocycles. The van der Waals surface area contributed by atoms with Crippen LogP contribution in [0.4, 0.5) is 16.2 Å². The van der Waals surface area contributed by atoms with E-state index in [9.17, 15) is 4.79 Å². The Hall–Kier alpha value is -3.15. The molecule has 0 aliphatic heterocycles. The van der Waals surface area contributed by atoms with Gasteiger partial charge < -0.3 is 10.6 Å². The molecule has 3 N–H and O–H groups in total. The van der Waals surface area contributed by atoms with Crippen LogP contribution in [0.3, 0.4) is 0 Å². The van der Waals surface area contributed by atoms with E-state index in [0.29, 0.717) is 11.4 Å². The van der Waals surface area contributed by atoms with E-state index in [1.807, 2.05) is 36.4 Å². The molecule has 104 valence electrons. The van der Waals surface area contributed by atoms with Gasteiger partial charge in [-0.25, -0.2) is 4.79 Å². The maximum Gasteiger partial charge on any atom is 0.323 e. The number of hydrogen-bond donors (Lipinski definition) is 3. The van der Waals surface area contributed by atoms with Gasteiger partial charge in [0.25, 0.3) is 0 Å². The number of benzene rings is 1. The van der Waals surface area contributed by atoms with Crippen molar-refractivity contribution in [1.82, 2.24) is 15.2 Å². The van der Waals surface area contributed by atoms with Gasteiger partial charge in [-0.05, 0) is 23.8 Å². The van der Waals surface area contributed by atoms with Crippen molar-refractivity contribution in [2.75, 3.05) is 10.6 Å². The van der Waals surface area contributed by atoms with Crippen LogP contribution in [-0.4, -0.2) is 21.2 Å². The zero-order valence-corrected chi connectivity index (χ0v) is 11.1. The van der Waals surface area contributed by atoms with Crippen molar-refractivity contribution in [3.05, 3.63) is 61.2 Å². The van der Waals surface area contributed by atoms with E-state index in [0.717, 1.165) is 11.1 Å². The normalized spacial score (nSPS) is 10.1. The Bertz CT molecular complexity index is 725. The summed E-state index contributed by atoms with van der Waals surface area (Å²) in [6.07, 6.45) is 6.64. The first kappa shape index (κ1) is 12.9. The van der Waals surface area contributed by atoms with E-state index >= 15 is 0 Å². The van der Waals surface area contributed by atoms with Crippen LogP contribution >= 0.6 is 0 Å². The molecular formula is C15H13N5O. The highest BCUT2D eigenvalue weighted by molar-refractivity contribution is 5.99. The molecule has 0 fully saturated rings. The molecule has 0 saturated carbocycles. The number of nitrogens with one attached hydrogen (secondary N) is 3. The molecule has 0 radical (unpaired) electrons. The Morgan fingerprint density at radius 2 is 1.86 bits per heavy atom. The van der Waals surface area contributed by atoms with Gasteiger partial charge in [-0.2, -0.15) is 5.10 Å². The topological polar surface area (TPSA) is 82.7 Å². The fourth-order valence-corrected chi connectivity index (χ4v) is 1.92. The van der Waals surface area contributed by atoms with E-state index in [1.54, 1.807) is 18.6 Å². The Labute approximate surface area is 121 Å². The molecule has 0 atom stereocenters. The summed E-state index contributed by atoms with van der Waals surface area (Å²) in [4.78, 5) is 15.9. The van der Waals surface area contributed by atoms with Crippen molar-refractivity contribution < 1.29 is 4.79 Å². The molecule has 6 heteroatoms. The number of amides is 2. The zero-order valence-electron chi connectivity index (χ0n) is 11.1. The largest absolute Gasteiger partial charge is 0.323 e. The van der Waals surface area contributed by atoms with Crippen molar-refractivity contribution in [3.63, 3.8) is 0 Å². The average Bonchev–Trinajstić information content (AvgIpc) is 3.01. The van der Waals surface area contributed by atoms with Crippen LogP contribution in [0.15, 0.2) is 61.2 Å². The molecule has 2 amide bonds. The number of aromatic nitrogens is 3. The van der Waals surface area contributed by atoms with Gasteiger partial charge in [-0.15, -0.1) is 0 Å². The van der Waals surface area contributed by atoms with Gasteiger partial charge in [0.2, 0.25) is 0 Å². The minimum Gasteiger partial charge on any atom is -0.308 e. The minimum absolute atomic E-state index is 0.320. The lowest BCUT2D eigenvalue weighted by Gasteiger charge is -2.08. The third kappa shape index (κ3) is 3.24. The van der Waals surface area contributed by atoms with E-state index in [4.69, 9.17) is 0 Å². The van der Waals surface area contributed by atoms with Crippen LogP contribution in [0.5, 0.6) is 0 Å². The standard InChI is InChI=1S/C15H13N5O/c21-15(20-14-9-17-18-10-14)19-13-5-1-3-11(7-13)12-4-2-6-16-8-12/h1-10H,(H,17,18)(H2,19,20,21). The number of anilines is 2. The van der Waals surface area contributed by atoms with Crippen LogP contribution in [0.25, 0.3) is 11.1 Å². The Morgan fingerprint density at radius 3 is 2.62 bits per heavy atom. The highest BCUT2D eigenvalue weighted by Crippen LogP contribution is 2.21. The monoisotopic (exact) mass is 279 g/mol. The Morgan fingerprint density at radius 1 is 1.00 bits per heavy atom. The SMILES string of the molecule is O=C(Nc1cn[nH]c1)Nc1cccc(-c2cccnc2)c1. The lowest BCUT2D eigenvalue weighted by molar-refractivity contribution is 0.262. The van der Waals surface area contributed by atoms with Crippen LogP contribution in [0.2, 0.25) is 0 Å². The number of aromatic amines is 1. The molecule has 2 aromatic heterocycles. The van der Waals surface area contributed by atoms with Gasteiger partial charge in [-0.3, -0.25) is 10.1 Å². The summed E-state index contributed by atoms with van der Waals surface area (Å²) in [5, 5.41) is 11.8. The molecule has 6 nitrogen and oxygen atoms in total. The number of pyridine rings is 1. The number of nitrogens with zero attached hydrogens (tertiary/aromatic N) is 2. The summed E-state index contributed by atoms with van der Waals surface area (Å²) in [5.41, 5.74) is 3.30. The lowest BCUT2D eigenvalue weighted by atomic mass is 10.1. The van der Waals surface area contributed by atoms with Crippen molar-refractivity contribution in [2.24, 2.45) is 0 Å². The first-order valence-electron chi connectivity index (χ1n) is 6.38. The lowest BCUT2D eigenvalue weighted by Crippen LogP contribution is -2.19. The van der Waals surface area contributed by atoms with Gasteiger partial charge in [0.15, 0.2) is 0 Å². The summed E-state index contributed by atoms with van der Waals surface area (Å²) >= 11 is 0. The summed E-state index contributed by atoms with van der Waals surface area (Å²) < 4.78 is 0. The fourth-order valence-electron chi connectivity index (χ4n) is 1.92. The third-order valence-electron chi connectivity index (χ3n) is 2.87. The summed E-state index contributed by atoms with van der Waals surface area (Å²) in [5.74, 6) is 0. The average molecular weight is 279 g/mol. The number of urea groups is 1. The van der Waals surface area contributed by atoms with Gasteiger partial charge in [0.1, 0.15) is 0 Å². The van der Waals surface area contributed by atoms with Crippen LogP contribution in [-0.2, 0) is 0 Å². The highest BCUT2D eigenvalue weighted by atomic mass is 16.2. The smallest absolute Gasteiger partial charge is 0.308 e. The van der Waals surface area contributed by atoms with Crippen molar-refractivity contribution >= 4 is 17.4 Å². The number of H-pyrrole nitrogens is 1. The predicted octanol–water partition coefficient (Wildman–Crippen LogP) is 3.12. The Kier molecular flexibility index (Phi) is 3.60. The van der Waals surface area contributed by atoms with Gasteiger partial charge in [0, 0.05) is 29.8 Å². The zero-order chi connectivity index (χ0) is 14.5. The summed E-state index contributed by atoms with van der Waals surface area (Å²) in [6, 6.07) is 11.1. The van der Waals surface area contributed by atoms with E-state index in [-0.39, 0.29) is 6.03 Å². The van der Waals surface area contributed by atoms with Gasteiger partial charge in [-0.1, -0.05) is 18.2 Å². The minimum atomic E-state index is -0.320. The predicted molar refractivity (Wildman–Crippen MR) is 80.9 cm³/mol. The van der Waals surface area contributed by atoms with E-state index in [1.165, 1.54) is 6.20 Å². The second-order valence-corrected chi connectivity index (χ2v) is 4.39. The van der Waals surface area contributed by atoms with Crippen molar-refractivity contribution in [3.8, 4) is 11.1 Å². The molecule has 3 aromatic rings. The van der Waals surface area contributed by atoms with Gasteiger partial charge >= 0.3 is 6.03 Å². The highest BCUT2D eigenvalue weighted by Gasteiger charge is 2.04. The molecule has 21 heavy (non-hydrogen) atoms. The molecule has 0 aliphatic carbocycles. The molecule has 0 saturated heterocycles. The number of rotatable bonds is 3. The summed E-state index contributed by atoms with van der Waals surface area (Å²) in [7, 11) is 0. The Balaban J connectivity index is 1.73. The third-order valence-corrected chi connectivity index (χ3v) is 2.87. The van der Waals surface area contributed by atoms with Crippen LogP contribution < -0.4 is 10.6 Å². The van der Waals surface area contributed by atoms with Crippen LogP contribution in [0.1, 0.15) is 0 Å². The molecule has 0 spiro atoms. The summed E-state index contributed by atoms with van der Waals surface area (Å²) in [6.45, 7) is 0. The van der Waals surface area contributed by atoms with E-state index < -0.39 is 0 Å². The fraction of sp³-hybridized carbons (Fsp3) is 0. The molecule has 3 rings (SSSR count). The molecule has 0 unspecified atom stereocenters. The van der Waals surface area contributed by atoms with Crippen LogP contribution in [0, 0.1) is 0 Å². The second-order valence-electron chi connectivity index (χ2n) is 4.39.